The Bertz CT molecular complexity index is 534. The number of rotatable bonds is 4. The Morgan fingerprint density at radius 3 is 2.72 bits per heavy atom. The molecule has 1 heterocycles. The number of aryl methyl sites for hydroxylation is 2. The number of benzene rings is 1. The van der Waals surface area contributed by atoms with Crippen molar-refractivity contribution < 1.29 is 0 Å². The molecule has 3 nitrogen and oxygen atoms in total. The summed E-state index contributed by atoms with van der Waals surface area (Å²) in [6.45, 7) is 3.82. The summed E-state index contributed by atoms with van der Waals surface area (Å²) in [5.41, 5.74) is 3.59. The predicted octanol–water partition coefficient (Wildman–Crippen LogP) is 3.01. The van der Waals surface area contributed by atoms with Crippen LogP contribution < -0.4 is 0 Å². The van der Waals surface area contributed by atoms with Gasteiger partial charge in [0.2, 0.25) is 0 Å². The Morgan fingerprint density at radius 1 is 1.33 bits per heavy atom. The largest absolute Gasteiger partial charge is 0.298 e. The minimum atomic E-state index is 0.790. The van der Waals surface area contributed by atoms with Gasteiger partial charge in [-0.2, -0.15) is 5.10 Å². The van der Waals surface area contributed by atoms with Gasteiger partial charge in [0.15, 0.2) is 0 Å². The van der Waals surface area contributed by atoms with E-state index in [9.17, 15) is 0 Å². The molecule has 2 rings (SSSR count). The molecule has 2 aromatic rings. The van der Waals surface area contributed by atoms with E-state index in [0.29, 0.717) is 0 Å². The average Bonchev–Trinajstić information content (AvgIpc) is 2.57. The molecule has 1 aromatic carbocycles. The first kappa shape index (κ1) is 13.1. The molecule has 0 fully saturated rings. The summed E-state index contributed by atoms with van der Waals surface area (Å²) in [5, 5.41) is 5.14. The first-order valence-electron chi connectivity index (χ1n) is 5.96. The van der Waals surface area contributed by atoms with E-state index >= 15 is 0 Å². The molecule has 0 N–H and O–H groups in total. The molecule has 0 bridgehead atoms. The van der Waals surface area contributed by atoms with E-state index in [4.69, 9.17) is 11.6 Å². The van der Waals surface area contributed by atoms with E-state index in [1.165, 1.54) is 11.1 Å². The van der Waals surface area contributed by atoms with Gasteiger partial charge >= 0.3 is 0 Å². The lowest BCUT2D eigenvalue weighted by Crippen LogP contribution is -2.17. The van der Waals surface area contributed by atoms with Crippen molar-refractivity contribution >= 4 is 11.6 Å². The number of hydrogen-bond acceptors (Lipinski definition) is 2. The van der Waals surface area contributed by atoms with Gasteiger partial charge in [-0.1, -0.05) is 23.7 Å². The minimum Gasteiger partial charge on any atom is -0.298 e. The lowest BCUT2D eigenvalue weighted by atomic mass is 10.2. The van der Waals surface area contributed by atoms with Crippen LogP contribution in [0.5, 0.6) is 0 Å². The fourth-order valence-corrected chi connectivity index (χ4v) is 2.31. The van der Waals surface area contributed by atoms with Crippen molar-refractivity contribution in [2.45, 2.75) is 20.0 Å². The SMILES string of the molecule is Cc1nn(C)cc1CN(C)Cc1cccc(Cl)c1. The summed E-state index contributed by atoms with van der Waals surface area (Å²) in [7, 11) is 4.06. The van der Waals surface area contributed by atoms with Gasteiger partial charge in [0.05, 0.1) is 5.69 Å². The van der Waals surface area contributed by atoms with Crippen LogP contribution in [0.15, 0.2) is 30.5 Å². The van der Waals surface area contributed by atoms with Crippen molar-refractivity contribution in [2.75, 3.05) is 7.05 Å². The molecule has 0 aliphatic heterocycles. The van der Waals surface area contributed by atoms with E-state index in [-0.39, 0.29) is 0 Å². The molecule has 0 radical (unpaired) electrons. The maximum Gasteiger partial charge on any atom is 0.0638 e. The highest BCUT2D eigenvalue weighted by atomic mass is 35.5. The lowest BCUT2D eigenvalue weighted by molar-refractivity contribution is 0.318. The molecule has 4 heteroatoms. The number of halogens is 1. The van der Waals surface area contributed by atoms with Gasteiger partial charge < -0.3 is 0 Å². The second kappa shape index (κ2) is 5.55. The summed E-state index contributed by atoms with van der Waals surface area (Å²) in [4.78, 5) is 2.26. The minimum absolute atomic E-state index is 0.790. The molecule has 0 saturated carbocycles. The van der Waals surface area contributed by atoms with E-state index in [0.717, 1.165) is 23.8 Å². The van der Waals surface area contributed by atoms with Gasteiger partial charge in [-0.05, 0) is 31.7 Å². The summed E-state index contributed by atoms with van der Waals surface area (Å²) < 4.78 is 1.86. The van der Waals surface area contributed by atoms with Crippen LogP contribution in [0.4, 0.5) is 0 Å². The van der Waals surface area contributed by atoms with Crippen LogP contribution >= 0.6 is 11.6 Å². The van der Waals surface area contributed by atoms with E-state index in [1.54, 1.807) is 0 Å². The maximum atomic E-state index is 5.99. The van der Waals surface area contributed by atoms with Crippen molar-refractivity contribution in [1.29, 1.82) is 0 Å². The summed E-state index contributed by atoms with van der Waals surface area (Å²) >= 11 is 5.99. The van der Waals surface area contributed by atoms with Gasteiger partial charge in [0, 0.05) is 36.9 Å². The topological polar surface area (TPSA) is 21.1 Å². The molecule has 0 aliphatic rings. The lowest BCUT2D eigenvalue weighted by Gasteiger charge is -2.16. The van der Waals surface area contributed by atoms with E-state index < -0.39 is 0 Å². The fourth-order valence-electron chi connectivity index (χ4n) is 2.10. The van der Waals surface area contributed by atoms with Crippen molar-refractivity contribution in [2.24, 2.45) is 7.05 Å². The van der Waals surface area contributed by atoms with Gasteiger partial charge in [0.1, 0.15) is 0 Å². The summed E-state index contributed by atoms with van der Waals surface area (Å²) in [5.74, 6) is 0. The highest BCUT2D eigenvalue weighted by molar-refractivity contribution is 6.30. The number of aromatic nitrogens is 2. The Morgan fingerprint density at radius 2 is 2.11 bits per heavy atom. The molecular weight excluding hydrogens is 246 g/mol. The molecule has 0 atom stereocenters. The molecule has 18 heavy (non-hydrogen) atoms. The maximum absolute atomic E-state index is 5.99. The summed E-state index contributed by atoms with van der Waals surface area (Å²) in [6, 6.07) is 7.99. The van der Waals surface area contributed by atoms with Gasteiger partial charge in [0.25, 0.3) is 0 Å². The summed E-state index contributed by atoms with van der Waals surface area (Å²) in [6.07, 6.45) is 2.07. The third kappa shape index (κ3) is 3.34. The van der Waals surface area contributed by atoms with Crippen LogP contribution in [0, 0.1) is 6.92 Å². The fraction of sp³-hybridized carbons (Fsp3) is 0.357. The third-order valence-electron chi connectivity index (χ3n) is 2.90. The zero-order valence-corrected chi connectivity index (χ0v) is 11.8. The highest BCUT2D eigenvalue weighted by Gasteiger charge is 2.07. The van der Waals surface area contributed by atoms with Gasteiger partial charge in [-0.15, -0.1) is 0 Å². The molecule has 0 saturated heterocycles. The standard InChI is InChI=1S/C14H18ClN3/c1-11-13(10-18(3)16-11)9-17(2)8-12-5-4-6-14(15)7-12/h4-7,10H,8-9H2,1-3H3. The van der Waals surface area contributed by atoms with Crippen LogP contribution in [-0.2, 0) is 20.1 Å². The van der Waals surface area contributed by atoms with E-state index in [1.807, 2.05) is 36.9 Å². The zero-order chi connectivity index (χ0) is 13.1. The average molecular weight is 264 g/mol. The van der Waals surface area contributed by atoms with Crippen molar-refractivity contribution in [3.8, 4) is 0 Å². The van der Waals surface area contributed by atoms with Crippen molar-refractivity contribution in [1.82, 2.24) is 14.7 Å². The smallest absolute Gasteiger partial charge is 0.0638 e. The molecule has 0 aliphatic carbocycles. The Hall–Kier alpha value is -1.32. The number of hydrogen-bond donors (Lipinski definition) is 0. The molecule has 96 valence electrons. The van der Waals surface area contributed by atoms with Crippen LogP contribution in [0.3, 0.4) is 0 Å². The quantitative estimate of drug-likeness (QED) is 0.846. The first-order valence-corrected chi connectivity index (χ1v) is 6.34. The van der Waals surface area contributed by atoms with Crippen molar-refractivity contribution in [3.05, 3.63) is 52.3 Å². The Kier molecular flexibility index (Phi) is 4.04. The zero-order valence-electron chi connectivity index (χ0n) is 11.0. The third-order valence-corrected chi connectivity index (χ3v) is 3.13. The molecular formula is C14H18ClN3. The number of nitrogens with zero attached hydrogens (tertiary/aromatic N) is 3. The molecule has 0 amide bonds. The Labute approximate surface area is 113 Å². The van der Waals surface area contributed by atoms with Gasteiger partial charge in [-0.3, -0.25) is 9.58 Å². The van der Waals surface area contributed by atoms with E-state index in [2.05, 4.69) is 29.3 Å². The molecule has 1 aromatic heterocycles. The monoisotopic (exact) mass is 263 g/mol. The predicted molar refractivity (Wildman–Crippen MR) is 74.6 cm³/mol. The van der Waals surface area contributed by atoms with Crippen LogP contribution in [0.1, 0.15) is 16.8 Å². The Balaban J connectivity index is 2.00. The molecule has 0 spiro atoms. The second-order valence-electron chi connectivity index (χ2n) is 4.72. The van der Waals surface area contributed by atoms with Crippen LogP contribution in [0.2, 0.25) is 5.02 Å². The van der Waals surface area contributed by atoms with Gasteiger partial charge in [-0.25, -0.2) is 0 Å². The normalized spacial score (nSPS) is 11.2. The van der Waals surface area contributed by atoms with Crippen LogP contribution in [-0.4, -0.2) is 21.7 Å². The second-order valence-corrected chi connectivity index (χ2v) is 5.15. The van der Waals surface area contributed by atoms with Crippen molar-refractivity contribution in [3.63, 3.8) is 0 Å². The van der Waals surface area contributed by atoms with Crippen LogP contribution in [0.25, 0.3) is 0 Å². The molecule has 0 unspecified atom stereocenters. The first-order chi connectivity index (χ1) is 8.54. The highest BCUT2D eigenvalue weighted by Crippen LogP contribution is 2.14.